The lowest BCUT2D eigenvalue weighted by Crippen LogP contribution is -2.43. The van der Waals surface area contributed by atoms with E-state index in [4.69, 9.17) is 23.2 Å². The van der Waals surface area contributed by atoms with Gasteiger partial charge >= 0.3 is 6.03 Å². The molecule has 0 unspecified atom stereocenters. The summed E-state index contributed by atoms with van der Waals surface area (Å²) in [5.74, 6) is -0.197. The smallest absolute Gasteiger partial charge is 0.321 e. The number of urea groups is 1. The van der Waals surface area contributed by atoms with Crippen molar-refractivity contribution in [3.8, 4) is 0 Å². The Kier molecular flexibility index (Phi) is 6.01. The Morgan fingerprint density at radius 2 is 1.58 bits per heavy atom. The second-order valence-corrected chi connectivity index (χ2v) is 6.99. The summed E-state index contributed by atoms with van der Waals surface area (Å²) < 4.78 is 0. The highest BCUT2D eigenvalue weighted by molar-refractivity contribution is 6.42. The van der Waals surface area contributed by atoms with Gasteiger partial charge in [-0.05, 0) is 43.2 Å². The average Bonchev–Trinajstić information content (AvgIpc) is 2.65. The molecule has 1 heterocycles. The van der Waals surface area contributed by atoms with Crippen LogP contribution in [0.25, 0.3) is 0 Å². The zero-order valence-corrected chi connectivity index (χ0v) is 15.6. The van der Waals surface area contributed by atoms with E-state index in [9.17, 15) is 9.59 Å². The molecule has 0 bridgehead atoms. The van der Waals surface area contributed by atoms with Gasteiger partial charge in [-0.1, -0.05) is 41.4 Å². The van der Waals surface area contributed by atoms with E-state index >= 15 is 0 Å². The van der Waals surface area contributed by atoms with Gasteiger partial charge in [-0.3, -0.25) is 4.79 Å². The lowest BCUT2D eigenvalue weighted by molar-refractivity contribution is -0.121. The number of halogens is 2. The van der Waals surface area contributed by atoms with Crippen molar-refractivity contribution in [3.05, 3.63) is 58.6 Å². The first-order chi connectivity index (χ1) is 12.5. The molecular weight excluding hydrogens is 373 g/mol. The Labute approximate surface area is 162 Å². The van der Waals surface area contributed by atoms with Gasteiger partial charge < -0.3 is 15.5 Å². The van der Waals surface area contributed by atoms with Gasteiger partial charge in [0.25, 0.3) is 0 Å². The summed E-state index contributed by atoms with van der Waals surface area (Å²) in [5.41, 5.74) is 1.38. The highest BCUT2D eigenvalue weighted by Crippen LogP contribution is 2.26. The maximum Gasteiger partial charge on any atom is 0.321 e. The third kappa shape index (κ3) is 4.68. The number of hydrogen-bond donors (Lipinski definition) is 2. The van der Waals surface area contributed by atoms with E-state index in [1.807, 2.05) is 30.3 Å². The van der Waals surface area contributed by atoms with Crippen molar-refractivity contribution in [2.45, 2.75) is 12.8 Å². The van der Waals surface area contributed by atoms with Gasteiger partial charge in [-0.2, -0.15) is 0 Å². The Balaban J connectivity index is 1.50. The van der Waals surface area contributed by atoms with Crippen molar-refractivity contribution in [2.24, 2.45) is 5.92 Å². The topological polar surface area (TPSA) is 61.4 Å². The number of amides is 3. The minimum absolute atomic E-state index is 0.0634. The van der Waals surface area contributed by atoms with Gasteiger partial charge in [0.1, 0.15) is 0 Å². The molecule has 1 aliphatic heterocycles. The van der Waals surface area contributed by atoms with Crippen LogP contribution >= 0.6 is 23.2 Å². The fraction of sp³-hybridized carbons (Fsp3) is 0.263. The number of nitrogens with zero attached hydrogens (tertiary/aromatic N) is 1. The summed E-state index contributed by atoms with van der Waals surface area (Å²) in [4.78, 5) is 26.4. The van der Waals surface area contributed by atoms with Crippen LogP contribution in [0.15, 0.2) is 48.5 Å². The summed E-state index contributed by atoms with van der Waals surface area (Å²) in [6, 6.07) is 14.2. The summed E-state index contributed by atoms with van der Waals surface area (Å²) in [6.07, 6.45) is 1.24. The van der Waals surface area contributed by atoms with Crippen LogP contribution in [0.3, 0.4) is 0 Å². The largest absolute Gasteiger partial charge is 0.326 e. The molecule has 0 spiro atoms. The summed E-state index contributed by atoms with van der Waals surface area (Å²) in [6.45, 7) is 1.08. The molecule has 7 heteroatoms. The van der Waals surface area contributed by atoms with Gasteiger partial charge in [0.2, 0.25) is 5.91 Å². The Bertz CT molecular complexity index is 791. The zero-order valence-electron chi connectivity index (χ0n) is 14.0. The van der Waals surface area contributed by atoms with Crippen LogP contribution < -0.4 is 10.6 Å². The molecule has 1 fully saturated rings. The van der Waals surface area contributed by atoms with Crippen LogP contribution in [-0.2, 0) is 4.79 Å². The molecule has 1 saturated heterocycles. The fourth-order valence-corrected chi connectivity index (χ4v) is 3.19. The normalized spacial score (nSPS) is 14.8. The van der Waals surface area contributed by atoms with Gasteiger partial charge in [-0.25, -0.2) is 4.79 Å². The molecule has 2 aromatic carbocycles. The minimum atomic E-state index is -0.139. The fourth-order valence-electron chi connectivity index (χ4n) is 2.89. The van der Waals surface area contributed by atoms with E-state index < -0.39 is 0 Å². The number of nitrogens with one attached hydrogen (secondary N) is 2. The number of piperidine rings is 1. The SMILES string of the molecule is O=C(Nc1ccc(Cl)c(Cl)c1)C1CCN(C(=O)Nc2ccccc2)CC1. The molecule has 0 aromatic heterocycles. The van der Waals surface area contributed by atoms with Crippen molar-refractivity contribution < 1.29 is 9.59 Å². The van der Waals surface area contributed by atoms with Gasteiger partial charge in [0.15, 0.2) is 0 Å². The lowest BCUT2D eigenvalue weighted by Gasteiger charge is -2.31. The van der Waals surface area contributed by atoms with Crippen LogP contribution in [0.2, 0.25) is 10.0 Å². The molecule has 136 valence electrons. The highest BCUT2D eigenvalue weighted by Gasteiger charge is 2.27. The predicted octanol–water partition coefficient (Wildman–Crippen LogP) is 4.88. The lowest BCUT2D eigenvalue weighted by atomic mass is 9.96. The van der Waals surface area contributed by atoms with Crippen molar-refractivity contribution in [1.82, 2.24) is 4.90 Å². The maximum absolute atomic E-state index is 12.4. The molecule has 3 amide bonds. The van der Waals surface area contributed by atoms with Gasteiger partial charge in [0, 0.05) is 30.4 Å². The Morgan fingerprint density at radius 1 is 0.885 bits per heavy atom. The van der Waals surface area contributed by atoms with Gasteiger partial charge in [0.05, 0.1) is 10.0 Å². The van der Waals surface area contributed by atoms with Crippen LogP contribution in [0.4, 0.5) is 16.2 Å². The second kappa shape index (κ2) is 8.43. The van der Waals surface area contributed by atoms with Crippen molar-refractivity contribution in [2.75, 3.05) is 23.7 Å². The van der Waals surface area contributed by atoms with Crippen LogP contribution in [0.1, 0.15) is 12.8 Å². The van der Waals surface area contributed by atoms with E-state index in [2.05, 4.69) is 10.6 Å². The zero-order chi connectivity index (χ0) is 18.5. The Hall–Kier alpha value is -2.24. The number of anilines is 2. The third-order valence-electron chi connectivity index (χ3n) is 4.37. The monoisotopic (exact) mass is 391 g/mol. The summed E-state index contributed by atoms with van der Waals surface area (Å²) >= 11 is 11.9. The first-order valence-electron chi connectivity index (χ1n) is 8.40. The summed E-state index contributed by atoms with van der Waals surface area (Å²) in [7, 11) is 0. The molecule has 2 N–H and O–H groups in total. The Morgan fingerprint density at radius 3 is 2.23 bits per heavy atom. The summed E-state index contributed by atoms with van der Waals surface area (Å²) in [5, 5.41) is 6.58. The van der Waals surface area contributed by atoms with Crippen molar-refractivity contribution in [3.63, 3.8) is 0 Å². The number of carbonyl (C=O) groups excluding carboxylic acids is 2. The molecule has 26 heavy (non-hydrogen) atoms. The third-order valence-corrected chi connectivity index (χ3v) is 5.10. The number of rotatable bonds is 3. The van der Waals surface area contributed by atoms with Crippen LogP contribution in [0, 0.1) is 5.92 Å². The predicted molar refractivity (Wildman–Crippen MR) is 105 cm³/mol. The number of carbonyl (C=O) groups is 2. The highest BCUT2D eigenvalue weighted by atomic mass is 35.5. The molecule has 1 aliphatic rings. The van der Waals surface area contributed by atoms with Crippen molar-refractivity contribution in [1.29, 1.82) is 0 Å². The first-order valence-corrected chi connectivity index (χ1v) is 9.15. The maximum atomic E-state index is 12.4. The van der Waals surface area contributed by atoms with E-state index in [1.54, 1.807) is 23.1 Å². The standard InChI is InChI=1S/C19H19Cl2N3O2/c20-16-7-6-15(12-17(16)21)22-18(25)13-8-10-24(11-9-13)19(26)23-14-4-2-1-3-5-14/h1-7,12-13H,8-11H2,(H,22,25)(H,23,26). The number of likely N-dealkylation sites (tertiary alicyclic amines) is 1. The van der Waals surface area contributed by atoms with Crippen LogP contribution in [-0.4, -0.2) is 29.9 Å². The minimum Gasteiger partial charge on any atom is -0.326 e. The number of benzene rings is 2. The first kappa shape index (κ1) is 18.5. The molecule has 3 rings (SSSR count). The number of para-hydroxylation sites is 1. The van der Waals surface area contributed by atoms with E-state index in [1.165, 1.54) is 0 Å². The molecule has 0 saturated carbocycles. The average molecular weight is 392 g/mol. The van der Waals surface area contributed by atoms with E-state index in [-0.39, 0.29) is 17.9 Å². The molecule has 0 atom stereocenters. The van der Waals surface area contributed by atoms with Crippen molar-refractivity contribution >= 4 is 46.5 Å². The second-order valence-electron chi connectivity index (χ2n) is 6.18. The molecule has 5 nitrogen and oxygen atoms in total. The quantitative estimate of drug-likeness (QED) is 0.783. The van der Waals surface area contributed by atoms with E-state index in [0.717, 1.165) is 5.69 Å². The number of hydrogen-bond acceptors (Lipinski definition) is 2. The molecule has 0 radical (unpaired) electrons. The van der Waals surface area contributed by atoms with Gasteiger partial charge in [-0.15, -0.1) is 0 Å². The molecular formula is C19H19Cl2N3O2. The van der Waals surface area contributed by atoms with E-state index in [0.29, 0.717) is 41.7 Å². The molecule has 0 aliphatic carbocycles. The van der Waals surface area contributed by atoms with Crippen LogP contribution in [0.5, 0.6) is 0 Å². The molecule has 2 aromatic rings.